The second-order valence-electron chi connectivity index (χ2n) is 9.54. The highest BCUT2D eigenvalue weighted by Crippen LogP contribution is 2.52. The number of hydrogen-bond donors (Lipinski definition) is 2. The van der Waals surface area contributed by atoms with E-state index in [-0.39, 0.29) is 10.3 Å². The number of phenolic OH excluding ortho intramolecular Hbond substituents is 1. The molecule has 5 nitrogen and oxygen atoms in total. The highest BCUT2D eigenvalue weighted by molar-refractivity contribution is 7.89. The molecule has 3 atom stereocenters. The first-order chi connectivity index (χ1) is 14.7. The van der Waals surface area contributed by atoms with Crippen molar-refractivity contribution in [3.63, 3.8) is 0 Å². The first-order valence-electron chi connectivity index (χ1n) is 11.3. The zero-order chi connectivity index (χ0) is 22.2. The molecule has 0 amide bonds. The fourth-order valence-electron chi connectivity index (χ4n) is 5.94. The van der Waals surface area contributed by atoms with E-state index in [4.69, 9.17) is 5.14 Å². The van der Waals surface area contributed by atoms with Crippen LogP contribution >= 0.6 is 0 Å². The average Bonchev–Trinajstić information content (AvgIpc) is 2.72. The molecule has 6 heteroatoms. The van der Waals surface area contributed by atoms with Crippen molar-refractivity contribution in [2.24, 2.45) is 11.1 Å². The molecule has 1 fully saturated rings. The summed E-state index contributed by atoms with van der Waals surface area (Å²) in [6.45, 7) is 3.51. The van der Waals surface area contributed by atoms with Gasteiger partial charge < -0.3 is 10.0 Å². The zero-order valence-electron chi connectivity index (χ0n) is 18.5. The van der Waals surface area contributed by atoms with Crippen molar-refractivity contribution in [2.45, 2.75) is 68.2 Å². The number of likely N-dealkylation sites (N-methyl/N-ethyl adjacent to an activating group) is 1. The number of aromatic hydroxyl groups is 1. The fraction of sp³-hybridized carbons (Fsp3) is 0.520. The van der Waals surface area contributed by atoms with Crippen molar-refractivity contribution in [1.82, 2.24) is 4.90 Å². The molecule has 0 aromatic heterocycles. The second-order valence-corrected chi connectivity index (χ2v) is 11.1. The number of unbranched alkanes of at least 4 members (excludes halogenated alkanes) is 2. The van der Waals surface area contributed by atoms with Gasteiger partial charge in [0.1, 0.15) is 5.75 Å². The predicted molar refractivity (Wildman–Crippen MR) is 124 cm³/mol. The number of nitrogens with two attached hydrogens (primary N) is 1. The summed E-state index contributed by atoms with van der Waals surface area (Å²) in [6, 6.07) is 13.5. The predicted octanol–water partition coefficient (Wildman–Crippen LogP) is 3.98. The van der Waals surface area contributed by atoms with Crippen molar-refractivity contribution in [3.8, 4) is 5.75 Å². The molecule has 1 heterocycles. The van der Waals surface area contributed by atoms with Crippen LogP contribution in [0.3, 0.4) is 0 Å². The van der Waals surface area contributed by atoms with Crippen LogP contribution in [-0.2, 0) is 28.3 Å². The Morgan fingerprint density at radius 2 is 1.87 bits per heavy atom. The lowest BCUT2D eigenvalue weighted by molar-refractivity contribution is 0.0344. The summed E-state index contributed by atoms with van der Waals surface area (Å²) >= 11 is 0. The smallest absolute Gasteiger partial charge is 0.238 e. The van der Waals surface area contributed by atoms with E-state index in [1.807, 2.05) is 24.3 Å². The van der Waals surface area contributed by atoms with Gasteiger partial charge >= 0.3 is 0 Å². The minimum Gasteiger partial charge on any atom is -0.508 e. The lowest BCUT2D eigenvalue weighted by atomic mass is 9.56. The number of fused-ring (bicyclic) bond motifs is 4. The molecular formula is C25H34N2O3S. The molecule has 2 aromatic rings. The topological polar surface area (TPSA) is 83.6 Å². The number of rotatable bonds is 7. The van der Waals surface area contributed by atoms with Gasteiger partial charge in [-0.05, 0) is 92.6 Å². The van der Waals surface area contributed by atoms with E-state index in [2.05, 4.69) is 24.9 Å². The Labute approximate surface area is 186 Å². The second kappa shape index (κ2) is 8.57. The van der Waals surface area contributed by atoms with Crippen LogP contribution in [0.4, 0.5) is 0 Å². The maximum absolute atomic E-state index is 11.4. The van der Waals surface area contributed by atoms with Gasteiger partial charge in [0.05, 0.1) is 4.90 Å². The fourth-order valence-corrected chi connectivity index (χ4v) is 6.46. The highest BCUT2D eigenvalue weighted by Gasteiger charge is 2.49. The lowest BCUT2D eigenvalue weighted by Gasteiger charge is -2.55. The Kier molecular flexibility index (Phi) is 6.16. The first-order valence-corrected chi connectivity index (χ1v) is 12.9. The summed E-state index contributed by atoms with van der Waals surface area (Å²) in [5.74, 6) is 0.956. The van der Waals surface area contributed by atoms with Gasteiger partial charge in [-0.1, -0.05) is 38.0 Å². The monoisotopic (exact) mass is 442 g/mol. The van der Waals surface area contributed by atoms with Crippen molar-refractivity contribution in [2.75, 3.05) is 13.6 Å². The first kappa shape index (κ1) is 22.3. The summed E-state index contributed by atoms with van der Waals surface area (Å²) in [6.07, 6.45) is 7.69. The molecule has 4 rings (SSSR count). The number of nitrogens with zero attached hydrogens (tertiary/aromatic N) is 1. The Morgan fingerprint density at radius 1 is 1.13 bits per heavy atom. The number of primary sulfonamides is 1. The number of aryl methyl sites for hydroxylation is 1. The molecule has 2 aromatic carbocycles. The minimum absolute atomic E-state index is 0.153. The van der Waals surface area contributed by atoms with Gasteiger partial charge in [-0.25, -0.2) is 13.6 Å². The number of hydrogen-bond acceptors (Lipinski definition) is 4. The third-order valence-corrected chi connectivity index (χ3v) is 8.75. The van der Waals surface area contributed by atoms with E-state index in [0.29, 0.717) is 17.7 Å². The molecule has 1 saturated heterocycles. The van der Waals surface area contributed by atoms with Crippen LogP contribution in [-0.4, -0.2) is 38.1 Å². The molecule has 0 saturated carbocycles. The summed E-state index contributed by atoms with van der Waals surface area (Å²) in [5.41, 5.74) is 4.08. The SMILES string of the molecule is C[C@H]1[C@H]2Cc3ccc(O)cc3[C@]1(CCCCCc1ccc(S(N)(=O)=O)cc1)CCN2C. The van der Waals surface area contributed by atoms with Crippen LogP contribution in [0.5, 0.6) is 5.75 Å². The average molecular weight is 443 g/mol. The van der Waals surface area contributed by atoms with Crippen molar-refractivity contribution >= 4 is 10.0 Å². The summed E-state index contributed by atoms with van der Waals surface area (Å²) in [5, 5.41) is 15.4. The normalized spacial score (nSPS) is 25.9. The maximum atomic E-state index is 11.4. The van der Waals surface area contributed by atoms with E-state index in [1.165, 1.54) is 11.1 Å². The van der Waals surface area contributed by atoms with Crippen LogP contribution in [0.25, 0.3) is 0 Å². The van der Waals surface area contributed by atoms with Crippen molar-refractivity contribution in [1.29, 1.82) is 0 Å². The third kappa shape index (κ3) is 4.38. The van der Waals surface area contributed by atoms with Crippen LogP contribution in [0.2, 0.25) is 0 Å². The number of benzene rings is 2. The Morgan fingerprint density at radius 3 is 2.58 bits per heavy atom. The standard InChI is InChI=1S/C25H34N2O3S/c1-18-24-16-20-9-10-21(28)17-23(20)25(18,14-15-27(24)2)13-5-3-4-6-19-7-11-22(12-8-19)31(26,29)30/h7-12,17-18,24,28H,3-6,13-16H2,1-2H3,(H2,26,29,30)/t18-,24+,25+/m0/s1. The number of phenols is 1. The molecule has 2 bridgehead atoms. The lowest BCUT2D eigenvalue weighted by Crippen LogP contribution is -2.57. The van der Waals surface area contributed by atoms with Gasteiger partial charge in [-0.2, -0.15) is 0 Å². The summed E-state index contributed by atoms with van der Waals surface area (Å²) in [7, 11) is -1.38. The third-order valence-electron chi connectivity index (χ3n) is 7.82. The molecule has 168 valence electrons. The van der Waals surface area contributed by atoms with Crippen LogP contribution in [0, 0.1) is 5.92 Å². The molecule has 0 spiro atoms. The number of piperidine rings is 1. The van der Waals surface area contributed by atoms with E-state index in [9.17, 15) is 13.5 Å². The van der Waals surface area contributed by atoms with Gasteiger partial charge in [-0.3, -0.25) is 0 Å². The Bertz CT molecular complexity index is 1040. The van der Waals surface area contributed by atoms with Crippen molar-refractivity contribution in [3.05, 3.63) is 59.2 Å². The van der Waals surface area contributed by atoms with E-state index < -0.39 is 10.0 Å². The van der Waals surface area contributed by atoms with Crippen LogP contribution in [0.1, 0.15) is 55.7 Å². The van der Waals surface area contributed by atoms with Crippen molar-refractivity contribution < 1.29 is 13.5 Å². The molecule has 0 radical (unpaired) electrons. The van der Waals surface area contributed by atoms with Crippen LogP contribution in [0.15, 0.2) is 47.4 Å². The van der Waals surface area contributed by atoms with E-state index >= 15 is 0 Å². The maximum Gasteiger partial charge on any atom is 0.238 e. The van der Waals surface area contributed by atoms with E-state index in [1.54, 1.807) is 12.1 Å². The molecule has 31 heavy (non-hydrogen) atoms. The Balaban J connectivity index is 1.40. The quantitative estimate of drug-likeness (QED) is 0.636. The van der Waals surface area contributed by atoms with Gasteiger partial charge in [0.25, 0.3) is 0 Å². The van der Waals surface area contributed by atoms with Gasteiger partial charge in [0.2, 0.25) is 10.0 Å². The number of sulfonamides is 1. The molecular weight excluding hydrogens is 408 g/mol. The largest absolute Gasteiger partial charge is 0.508 e. The van der Waals surface area contributed by atoms with Gasteiger partial charge in [0, 0.05) is 11.5 Å². The molecule has 1 aliphatic heterocycles. The van der Waals surface area contributed by atoms with E-state index in [0.717, 1.165) is 57.1 Å². The molecule has 0 unspecified atom stereocenters. The van der Waals surface area contributed by atoms with Gasteiger partial charge in [-0.15, -0.1) is 0 Å². The Hall–Kier alpha value is -1.89. The summed E-state index contributed by atoms with van der Waals surface area (Å²) < 4.78 is 22.8. The van der Waals surface area contributed by atoms with Gasteiger partial charge in [0.15, 0.2) is 0 Å². The molecule has 2 aliphatic rings. The highest BCUT2D eigenvalue weighted by atomic mass is 32.2. The summed E-state index contributed by atoms with van der Waals surface area (Å²) in [4.78, 5) is 2.68. The van der Waals surface area contributed by atoms with Crippen LogP contribution < -0.4 is 5.14 Å². The zero-order valence-corrected chi connectivity index (χ0v) is 19.4. The molecule has 1 aliphatic carbocycles. The molecule has 3 N–H and O–H groups in total. The minimum atomic E-state index is -3.63. The number of likely N-dealkylation sites (tertiary alicyclic amines) is 1.